The molecule has 2 rings (SSSR count). The third kappa shape index (κ3) is 3.77. The monoisotopic (exact) mass is 352 g/mol. The van der Waals surface area contributed by atoms with Gasteiger partial charge in [0.25, 0.3) is 0 Å². The van der Waals surface area contributed by atoms with Gasteiger partial charge in [-0.15, -0.1) is 0 Å². The van der Waals surface area contributed by atoms with Crippen LogP contribution in [0.15, 0.2) is 42.5 Å². The fourth-order valence-corrected chi connectivity index (χ4v) is 2.45. The Bertz CT molecular complexity index is 602. The van der Waals surface area contributed by atoms with E-state index in [1.165, 1.54) is 5.56 Å². The van der Waals surface area contributed by atoms with Crippen molar-refractivity contribution in [2.75, 3.05) is 0 Å². The lowest BCUT2D eigenvalue weighted by Crippen LogP contribution is -2.10. The van der Waals surface area contributed by atoms with Crippen molar-refractivity contribution >= 4 is 27.5 Å². The van der Waals surface area contributed by atoms with Gasteiger partial charge in [-0.05, 0) is 40.8 Å². The van der Waals surface area contributed by atoms with Crippen LogP contribution in [-0.4, -0.2) is 0 Å². The first-order valence-electron chi connectivity index (χ1n) is 6.53. The zero-order valence-corrected chi connectivity index (χ0v) is 14.3. The van der Waals surface area contributed by atoms with Crippen LogP contribution in [0, 0.1) is 0 Å². The number of benzene rings is 2. The first-order valence-corrected chi connectivity index (χ1v) is 8.03. The molecular weight excluding hydrogens is 336 g/mol. The molecule has 0 radical (unpaired) electrons. The van der Waals surface area contributed by atoms with E-state index in [0.29, 0.717) is 10.8 Å². The van der Waals surface area contributed by atoms with Crippen molar-refractivity contribution in [3.8, 4) is 11.5 Å². The molecule has 0 heterocycles. The van der Waals surface area contributed by atoms with Crippen molar-refractivity contribution < 1.29 is 4.74 Å². The summed E-state index contributed by atoms with van der Waals surface area (Å²) in [4.78, 5) is 0. The molecule has 20 heavy (non-hydrogen) atoms. The summed E-state index contributed by atoms with van der Waals surface area (Å²) in [5, 5.41) is 1.41. The van der Waals surface area contributed by atoms with Crippen LogP contribution in [-0.2, 0) is 10.7 Å². The molecule has 106 valence electrons. The van der Waals surface area contributed by atoms with E-state index in [1.54, 1.807) is 0 Å². The molecule has 0 aliphatic rings. The molecule has 0 atom stereocenters. The minimum atomic E-state index is 0.100. The first-order chi connectivity index (χ1) is 9.40. The summed E-state index contributed by atoms with van der Waals surface area (Å²) >= 11 is 9.66. The Morgan fingerprint density at radius 3 is 2.45 bits per heavy atom. The zero-order chi connectivity index (χ0) is 14.8. The van der Waals surface area contributed by atoms with Gasteiger partial charge < -0.3 is 4.74 Å². The lowest BCUT2D eigenvalue weighted by molar-refractivity contribution is 0.478. The summed E-state index contributed by atoms with van der Waals surface area (Å²) in [7, 11) is 0. The summed E-state index contributed by atoms with van der Waals surface area (Å²) in [6, 6.07) is 14.0. The summed E-state index contributed by atoms with van der Waals surface area (Å²) < 4.78 is 5.90. The maximum atomic E-state index is 6.24. The van der Waals surface area contributed by atoms with E-state index in [1.807, 2.05) is 30.3 Å². The van der Waals surface area contributed by atoms with Crippen LogP contribution in [0.25, 0.3) is 0 Å². The summed E-state index contributed by atoms with van der Waals surface area (Å²) in [5.41, 5.74) is 2.47. The van der Waals surface area contributed by atoms with E-state index in [4.69, 9.17) is 16.3 Å². The average Bonchev–Trinajstić information content (AvgIpc) is 2.40. The molecule has 0 aliphatic heterocycles. The highest BCUT2D eigenvalue weighted by atomic mass is 79.9. The molecule has 0 saturated heterocycles. The summed E-state index contributed by atoms with van der Waals surface area (Å²) in [5.74, 6) is 1.49. The van der Waals surface area contributed by atoms with E-state index in [2.05, 4.69) is 48.8 Å². The van der Waals surface area contributed by atoms with Gasteiger partial charge in [0.1, 0.15) is 11.5 Å². The van der Waals surface area contributed by atoms with Crippen LogP contribution < -0.4 is 4.74 Å². The van der Waals surface area contributed by atoms with Crippen LogP contribution in [0.5, 0.6) is 11.5 Å². The van der Waals surface area contributed by atoms with Gasteiger partial charge in [0.05, 0.1) is 5.02 Å². The van der Waals surface area contributed by atoms with Gasteiger partial charge in [0.2, 0.25) is 0 Å². The van der Waals surface area contributed by atoms with E-state index in [9.17, 15) is 0 Å². The normalized spacial score (nSPS) is 11.4. The minimum Gasteiger partial charge on any atom is -0.456 e. The minimum absolute atomic E-state index is 0.100. The molecule has 2 aromatic carbocycles. The predicted molar refractivity (Wildman–Crippen MR) is 89.3 cm³/mol. The van der Waals surface area contributed by atoms with E-state index in [0.717, 1.165) is 16.6 Å². The highest BCUT2D eigenvalue weighted by molar-refractivity contribution is 9.08. The third-order valence-electron chi connectivity index (χ3n) is 3.08. The van der Waals surface area contributed by atoms with Gasteiger partial charge in [-0.25, -0.2) is 0 Å². The second-order valence-corrected chi connectivity index (χ2v) is 6.75. The highest BCUT2D eigenvalue weighted by Gasteiger charge is 2.14. The molecule has 2 aromatic rings. The number of rotatable bonds is 3. The third-order valence-corrected chi connectivity index (χ3v) is 4.02. The fraction of sp³-hybridized carbons (Fsp3) is 0.294. The van der Waals surface area contributed by atoms with Crippen LogP contribution in [0.1, 0.15) is 31.9 Å². The molecule has 0 aromatic heterocycles. The van der Waals surface area contributed by atoms with Crippen molar-refractivity contribution in [2.24, 2.45) is 0 Å². The second-order valence-electron chi connectivity index (χ2n) is 5.78. The van der Waals surface area contributed by atoms with Crippen molar-refractivity contribution in [2.45, 2.75) is 31.5 Å². The lowest BCUT2D eigenvalue weighted by Gasteiger charge is -2.19. The molecule has 0 saturated carbocycles. The second kappa shape index (κ2) is 6.19. The van der Waals surface area contributed by atoms with Gasteiger partial charge in [-0.1, -0.05) is 66.5 Å². The van der Waals surface area contributed by atoms with E-state index >= 15 is 0 Å². The molecular formula is C17H18BrClO. The van der Waals surface area contributed by atoms with E-state index < -0.39 is 0 Å². The number of hydrogen-bond acceptors (Lipinski definition) is 1. The van der Waals surface area contributed by atoms with Gasteiger partial charge in [0, 0.05) is 5.33 Å². The van der Waals surface area contributed by atoms with Crippen molar-refractivity contribution in [3.63, 3.8) is 0 Å². The Balaban J connectivity index is 2.26. The molecule has 3 heteroatoms. The molecule has 0 amide bonds. The Kier molecular flexibility index (Phi) is 4.77. The van der Waals surface area contributed by atoms with Gasteiger partial charge in [-0.3, -0.25) is 0 Å². The Morgan fingerprint density at radius 1 is 1.10 bits per heavy atom. The van der Waals surface area contributed by atoms with Crippen LogP contribution in [0.3, 0.4) is 0 Å². The fourth-order valence-electron chi connectivity index (χ4n) is 1.86. The number of ether oxygens (including phenoxy) is 1. The van der Waals surface area contributed by atoms with Crippen molar-refractivity contribution in [1.82, 2.24) is 0 Å². The molecule has 0 fully saturated rings. The van der Waals surface area contributed by atoms with Gasteiger partial charge >= 0.3 is 0 Å². The van der Waals surface area contributed by atoms with Gasteiger partial charge in [0.15, 0.2) is 0 Å². The highest BCUT2D eigenvalue weighted by Crippen LogP contribution is 2.32. The Labute approximate surface area is 134 Å². The smallest absolute Gasteiger partial charge is 0.146 e. The Morgan fingerprint density at radius 2 is 1.85 bits per heavy atom. The number of hydrogen-bond donors (Lipinski definition) is 0. The molecule has 1 nitrogen and oxygen atoms in total. The quantitative estimate of drug-likeness (QED) is 0.586. The predicted octanol–water partition coefficient (Wildman–Crippen LogP) is 6.32. The first kappa shape index (κ1) is 15.4. The average molecular weight is 354 g/mol. The molecule has 0 N–H and O–H groups in total. The Hall–Kier alpha value is -0.990. The molecule has 0 unspecified atom stereocenters. The van der Waals surface area contributed by atoms with Crippen molar-refractivity contribution in [3.05, 3.63) is 58.6 Å². The SMILES string of the molecule is CC(C)(C)c1cccc(Oc2ccc(CBr)cc2Cl)c1. The van der Waals surface area contributed by atoms with Crippen molar-refractivity contribution in [1.29, 1.82) is 0 Å². The largest absolute Gasteiger partial charge is 0.456 e. The standard InChI is InChI=1S/C17H18BrClO/c1-17(2,3)13-5-4-6-14(10-13)20-16-8-7-12(11-18)9-15(16)19/h4-10H,11H2,1-3H3. The van der Waals surface area contributed by atoms with Gasteiger partial charge in [-0.2, -0.15) is 0 Å². The lowest BCUT2D eigenvalue weighted by atomic mass is 9.87. The molecule has 0 spiro atoms. The van der Waals surface area contributed by atoms with Crippen LogP contribution >= 0.6 is 27.5 Å². The summed E-state index contributed by atoms with van der Waals surface area (Å²) in [6.07, 6.45) is 0. The zero-order valence-electron chi connectivity index (χ0n) is 11.9. The maximum absolute atomic E-state index is 6.24. The number of halogens is 2. The topological polar surface area (TPSA) is 9.23 Å². The maximum Gasteiger partial charge on any atom is 0.146 e. The number of alkyl halides is 1. The van der Waals surface area contributed by atoms with Crippen LogP contribution in [0.4, 0.5) is 0 Å². The van der Waals surface area contributed by atoms with Crippen LogP contribution in [0.2, 0.25) is 5.02 Å². The molecule has 0 bridgehead atoms. The molecule has 0 aliphatic carbocycles. The van der Waals surface area contributed by atoms with E-state index in [-0.39, 0.29) is 5.41 Å². The summed E-state index contributed by atoms with van der Waals surface area (Å²) in [6.45, 7) is 6.55.